The van der Waals surface area contributed by atoms with Gasteiger partial charge in [-0.2, -0.15) is 0 Å². The van der Waals surface area contributed by atoms with E-state index >= 15 is 0 Å². The number of carbonyl (C=O) groups is 2. The smallest absolute Gasteiger partial charge is 0.236 e. The van der Waals surface area contributed by atoms with Crippen LogP contribution in [0.5, 0.6) is 0 Å². The molecule has 2 aliphatic rings. The van der Waals surface area contributed by atoms with Crippen molar-refractivity contribution in [3.63, 3.8) is 0 Å². The Morgan fingerprint density at radius 2 is 1.89 bits per heavy atom. The van der Waals surface area contributed by atoms with Crippen molar-refractivity contribution in [1.82, 2.24) is 4.90 Å². The highest BCUT2D eigenvalue weighted by atomic mass is 16.3. The number of hydrogen-bond acceptors (Lipinski definition) is 3. The van der Waals surface area contributed by atoms with Crippen LogP contribution in [-0.4, -0.2) is 34.5 Å². The van der Waals surface area contributed by atoms with Crippen molar-refractivity contribution in [2.45, 2.75) is 58.4 Å². The van der Waals surface area contributed by atoms with Crippen molar-refractivity contribution in [2.24, 2.45) is 11.3 Å². The summed E-state index contributed by atoms with van der Waals surface area (Å²) in [5.74, 6) is 0.258. The fourth-order valence-electron chi connectivity index (χ4n) is 3.44. The molecule has 1 saturated carbocycles. The van der Waals surface area contributed by atoms with Crippen LogP contribution in [0.15, 0.2) is 0 Å². The topological polar surface area (TPSA) is 57.6 Å². The van der Waals surface area contributed by atoms with Crippen molar-refractivity contribution >= 4 is 11.8 Å². The van der Waals surface area contributed by atoms with Crippen LogP contribution in [0.25, 0.3) is 0 Å². The number of rotatable bonds is 4. The minimum absolute atomic E-state index is 0.0234. The van der Waals surface area contributed by atoms with E-state index in [1.807, 2.05) is 13.8 Å². The van der Waals surface area contributed by atoms with Crippen LogP contribution in [0, 0.1) is 11.3 Å². The number of hydrogen-bond donors (Lipinski definition) is 1. The summed E-state index contributed by atoms with van der Waals surface area (Å²) in [5, 5.41) is 9.46. The molecule has 0 aromatic carbocycles. The quantitative estimate of drug-likeness (QED) is 0.776. The maximum Gasteiger partial charge on any atom is 0.236 e. The fourth-order valence-corrected chi connectivity index (χ4v) is 3.44. The maximum atomic E-state index is 12.5. The molecule has 1 saturated heterocycles. The van der Waals surface area contributed by atoms with Gasteiger partial charge in [-0.3, -0.25) is 14.5 Å². The van der Waals surface area contributed by atoms with Gasteiger partial charge in [0.15, 0.2) is 0 Å². The van der Waals surface area contributed by atoms with E-state index in [2.05, 4.69) is 0 Å². The Balaban J connectivity index is 2.17. The molecule has 0 aromatic rings. The number of imide groups is 1. The number of aliphatic hydroxyl groups excluding tert-OH is 1. The molecule has 4 nitrogen and oxygen atoms in total. The van der Waals surface area contributed by atoms with Crippen LogP contribution in [0.3, 0.4) is 0 Å². The Morgan fingerprint density at radius 3 is 2.39 bits per heavy atom. The van der Waals surface area contributed by atoms with Crippen LogP contribution < -0.4 is 0 Å². The SMILES string of the molecule is CC(C)CC(CO)N1C(=O)CC2(CCCC2)C1=O. The Morgan fingerprint density at radius 1 is 1.28 bits per heavy atom. The van der Waals surface area contributed by atoms with Crippen molar-refractivity contribution in [3.8, 4) is 0 Å². The lowest BCUT2D eigenvalue weighted by Gasteiger charge is -2.28. The largest absolute Gasteiger partial charge is 0.394 e. The normalized spacial score (nSPS) is 24.6. The Labute approximate surface area is 108 Å². The first-order chi connectivity index (χ1) is 8.50. The van der Waals surface area contributed by atoms with E-state index in [9.17, 15) is 14.7 Å². The predicted molar refractivity (Wildman–Crippen MR) is 67.7 cm³/mol. The molecule has 1 atom stereocenters. The summed E-state index contributed by atoms with van der Waals surface area (Å²) in [4.78, 5) is 26.0. The molecule has 0 bridgehead atoms. The van der Waals surface area contributed by atoms with Gasteiger partial charge in [-0.15, -0.1) is 0 Å². The van der Waals surface area contributed by atoms with Gasteiger partial charge in [-0.25, -0.2) is 0 Å². The molecular formula is C14H23NO3. The molecule has 0 radical (unpaired) electrons. The van der Waals surface area contributed by atoms with Gasteiger partial charge in [0.25, 0.3) is 0 Å². The standard InChI is InChI=1S/C14H23NO3/c1-10(2)7-11(9-16)15-12(17)8-14(13(15)18)5-3-4-6-14/h10-11,16H,3-9H2,1-2H3. The van der Waals surface area contributed by atoms with Gasteiger partial charge in [0.05, 0.1) is 18.1 Å². The van der Waals surface area contributed by atoms with E-state index in [0.717, 1.165) is 25.7 Å². The van der Waals surface area contributed by atoms with Gasteiger partial charge >= 0.3 is 0 Å². The second kappa shape index (κ2) is 5.00. The molecule has 18 heavy (non-hydrogen) atoms. The van der Waals surface area contributed by atoms with Crippen LogP contribution >= 0.6 is 0 Å². The second-order valence-corrected chi connectivity index (χ2v) is 6.20. The summed E-state index contributed by atoms with van der Waals surface area (Å²) >= 11 is 0. The predicted octanol–water partition coefficient (Wildman–Crippen LogP) is 1.71. The highest BCUT2D eigenvalue weighted by Gasteiger charge is 2.54. The highest BCUT2D eigenvalue weighted by Crippen LogP contribution is 2.47. The highest BCUT2D eigenvalue weighted by molar-refractivity contribution is 6.06. The lowest BCUT2D eigenvalue weighted by atomic mass is 9.84. The van der Waals surface area contributed by atoms with Crippen molar-refractivity contribution < 1.29 is 14.7 Å². The zero-order valence-electron chi connectivity index (χ0n) is 11.3. The molecule has 1 N–H and O–H groups in total. The molecule has 1 spiro atoms. The monoisotopic (exact) mass is 253 g/mol. The van der Waals surface area contributed by atoms with Crippen molar-refractivity contribution in [2.75, 3.05) is 6.61 Å². The number of carbonyl (C=O) groups excluding carboxylic acids is 2. The van der Waals surface area contributed by atoms with Gasteiger partial charge in [-0.05, 0) is 25.2 Å². The van der Waals surface area contributed by atoms with Crippen LogP contribution in [-0.2, 0) is 9.59 Å². The van der Waals surface area contributed by atoms with E-state index in [1.165, 1.54) is 4.90 Å². The van der Waals surface area contributed by atoms with E-state index in [4.69, 9.17) is 0 Å². The van der Waals surface area contributed by atoms with E-state index < -0.39 is 5.41 Å². The number of amides is 2. The summed E-state index contributed by atoms with van der Waals surface area (Å²) in [6, 6.07) is -0.329. The molecule has 0 aromatic heterocycles. The Kier molecular flexibility index (Phi) is 3.76. The molecule has 2 rings (SSSR count). The average molecular weight is 253 g/mol. The Hall–Kier alpha value is -0.900. The van der Waals surface area contributed by atoms with Crippen LogP contribution in [0.2, 0.25) is 0 Å². The molecule has 4 heteroatoms. The lowest BCUT2D eigenvalue weighted by molar-refractivity contribution is -0.145. The summed E-state index contributed by atoms with van der Waals surface area (Å²) in [6.45, 7) is 3.96. The van der Waals surface area contributed by atoms with Crippen molar-refractivity contribution in [3.05, 3.63) is 0 Å². The lowest BCUT2D eigenvalue weighted by Crippen LogP contribution is -2.44. The first-order valence-electron chi connectivity index (χ1n) is 6.97. The summed E-state index contributed by atoms with van der Waals surface area (Å²) in [7, 11) is 0. The molecule has 102 valence electrons. The zero-order chi connectivity index (χ0) is 13.3. The first-order valence-corrected chi connectivity index (χ1v) is 6.97. The molecular weight excluding hydrogens is 230 g/mol. The third kappa shape index (κ3) is 2.18. The minimum Gasteiger partial charge on any atom is -0.394 e. The van der Waals surface area contributed by atoms with Crippen molar-refractivity contribution in [1.29, 1.82) is 0 Å². The number of aliphatic hydroxyl groups is 1. The summed E-state index contributed by atoms with van der Waals surface area (Å²) in [5.41, 5.74) is -0.415. The zero-order valence-corrected chi connectivity index (χ0v) is 11.3. The van der Waals surface area contributed by atoms with E-state index in [0.29, 0.717) is 18.8 Å². The van der Waals surface area contributed by atoms with Gasteiger partial charge in [0.2, 0.25) is 11.8 Å². The van der Waals surface area contributed by atoms with Crippen LogP contribution in [0.4, 0.5) is 0 Å². The van der Waals surface area contributed by atoms with E-state index in [-0.39, 0.29) is 24.5 Å². The first kappa shape index (κ1) is 13.5. The van der Waals surface area contributed by atoms with Crippen LogP contribution in [0.1, 0.15) is 52.4 Å². The summed E-state index contributed by atoms with van der Waals surface area (Å²) < 4.78 is 0. The average Bonchev–Trinajstić information content (AvgIpc) is 2.85. The third-order valence-corrected chi connectivity index (χ3v) is 4.31. The fraction of sp³-hybridized carbons (Fsp3) is 0.857. The molecule has 1 aliphatic heterocycles. The van der Waals surface area contributed by atoms with Gasteiger partial charge in [0.1, 0.15) is 0 Å². The number of likely N-dealkylation sites (tertiary alicyclic amines) is 1. The molecule has 2 amide bonds. The van der Waals surface area contributed by atoms with Gasteiger partial charge in [-0.1, -0.05) is 26.7 Å². The second-order valence-electron chi connectivity index (χ2n) is 6.20. The maximum absolute atomic E-state index is 12.5. The van der Waals surface area contributed by atoms with Gasteiger partial charge in [0, 0.05) is 6.42 Å². The molecule has 1 heterocycles. The minimum atomic E-state index is -0.415. The third-order valence-electron chi connectivity index (χ3n) is 4.31. The van der Waals surface area contributed by atoms with E-state index in [1.54, 1.807) is 0 Å². The molecule has 2 fully saturated rings. The summed E-state index contributed by atoms with van der Waals surface area (Å²) in [6.07, 6.45) is 4.81. The molecule has 1 aliphatic carbocycles. The molecule has 1 unspecified atom stereocenters. The Bertz CT molecular complexity index is 345. The number of nitrogens with zero attached hydrogens (tertiary/aromatic N) is 1. The van der Waals surface area contributed by atoms with Gasteiger partial charge < -0.3 is 5.11 Å².